The van der Waals surface area contributed by atoms with E-state index >= 15 is 0 Å². The van der Waals surface area contributed by atoms with E-state index in [0.29, 0.717) is 31.4 Å². The van der Waals surface area contributed by atoms with Gasteiger partial charge in [-0.3, -0.25) is 4.90 Å². The maximum atomic E-state index is 12.6. The van der Waals surface area contributed by atoms with E-state index in [9.17, 15) is 13.2 Å². The summed E-state index contributed by atoms with van der Waals surface area (Å²) in [6.07, 6.45) is 0.886. The number of hydrogen-bond donors (Lipinski definition) is 0. The monoisotopic (exact) mass is 303 g/mol. The van der Waals surface area contributed by atoms with Gasteiger partial charge in [-0.15, -0.1) is 0 Å². The molecule has 7 heteroatoms. The molecule has 0 radical (unpaired) electrons. The predicted molar refractivity (Wildman–Crippen MR) is 69.6 cm³/mol. The zero-order valence-electron chi connectivity index (χ0n) is 11.9. The minimum Gasteiger partial charge on any atom is -0.338 e. The molecule has 1 aromatic rings. The van der Waals surface area contributed by atoms with Crippen molar-refractivity contribution in [2.75, 3.05) is 13.1 Å². The van der Waals surface area contributed by atoms with Crippen LogP contribution >= 0.6 is 0 Å². The fraction of sp³-hybridized carbons (Fsp3) is 0.857. The van der Waals surface area contributed by atoms with Crippen LogP contribution in [0.4, 0.5) is 13.2 Å². The highest BCUT2D eigenvalue weighted by Crippen LogP contribution is 2.35. The van der Waals surface area contributed by atoms with Crippen LogP contribution in [0.5, 0.6) is 0 Å². The van der Waals surface area contributed by atoms with Crippen molar-refractivity contribution >= 4 is 0 Å². The van der Waals surface area contributed by atoms with Gasteiger partial charge in [0.1, 0.15) is 0 Å². The molecule has 21 heavy (non-hydrogen) atoms. The van der Waals surface area contributed by atoms with E-state index in [1.165, 1.54) is 12.8 Å². The van der Waals surface area contributed by atoms with Crippen LogP contribution in [0.2, 0.25) is 0 Å². The van der Waals surface area contributed by atoms with Gasteiger partial charge in [-0.2, -0.15) is 18.2 Å². The van der Waals surface area contributed by atoms with Gasteiger partial charge >= 0.3 is 6.18 Å². The summed E-state index contributed by atoms with van der Waals surface area (Å²) in [5.41, 5.74) is 0. The first-order valence-corrected chi connectivity index (χ1v) is 7.64. The number of rotatable bonds is 3. The van der Waals surface area contributed by atoms with E-state index in [-0.39, 0.29) is 12.8 Å². The Kier molecular flexibility index (Phi) is 4.19. The summed E-state index contributed by atoms with van der Waals surface area (Å²) in [6, 6.07) is 0. The Labute approximate surface area is 121 Å². The van der Waals surface area contributed by atoms with Crippen molar-refractivity contribution in [2.45, 2.75) is 57.2 Å². The Morgan fingerprint density at radius 1 is 1.10 bits per heavy atom. The van der Waals surface area contributed by atoms with Gasteiger partial charge in [0.15, 0.2) is 5.82 Å². The molecule has 0 unspecified atom stereocenters. The van der Waals surface area contributed by atoms with Crippen molar-refractivity contribution in [1.29, 1.82) is 0 Å². The number of piperidine rings is 1. The third kappa shape index (κ3) is 3.56. The summed E-state index contributed by atoms with van der Waals surface area (Å²) in [5.74, 6) is 0.541. The third-order valence-corrected chi connectivity index (χ3v) is 4.61. The van der Waals surface area contributed by atoms with Crippen LogP contribution in [0.1, 0.15) is 56.2 Å². The highest BCUT2D eigenvalue weighted by atomic mass is 19.4. The van der Waals surface area contributed by atoms with E-state index in [1.54, 1.807) is 0 Å². The standard InChI is InChI=1S/C14H20F3N3O/c15-14(16,17)11-5-7-20(8-6-11)9-12-18-13(19-21-12)10-3-1-2-4-10/h10-11H,1-9H2. The molecule has 1 aromatic heterocycles. The van der Waals surface area contributed by atoms with Crippen LogP contribution in [0, 0.1) is 5.92 Å². The quantitative estimate of drug-likeness (QED) is 0.857. The fourth-order valence-electron chi connectivity index (χ4n) is 3.29. The molecule has 0 spiro atoms. The van der Waals surface area contributed by atoms with E-state index in [4.69, 9.17) is 4.52 Å². The lowest BCUT2D eigenvalue weighted by atomic mass is 9.96. The number of aromatic nitrogens is 2. The molecule has 0 amide bonds. The molecule has 0 N–H and O–H groups in total. The first-order valence-electron chi connectivity index (χ1n) is 7.64. The molecule has 2 heterocycles. The molecule has 1 aliphatic carbocycles. The first-order chi connectivity index (χ1) is 10.0. The molecular weight excluding hydrogens is 283 g/mol. The second-order valence-electron chi connectivity index (χ2n) is 6.12. The number of nitrogens with zero attached hydrogens (tertiary/aromatic N) is 3. The van der Waals surface area contributed by atoms with Gasteiger partial charge in [-0.05, 0) is 38.8 Å². The van der Waals surface area contributed by atoms with Crippen LogP contribution in [0.15, 0.2) is 4.52 Å². The van der Waals surface area contributed by atoms with E-state index in [1.807, 2.05) is 4.90 Å². The van der Waals surface area contributed by atoms with Crippen LogP contribution in [-0.4, -0.2) is 34.3 Å². The normalized spacial score (nSPS) is 23.0. The van der Waals surface area contributed by atoms with Gasteiger partial charge < -0.3 is 4.52 Å². The summed E-state index contributed by atoms with van der Waals surface area (Å²) in [7, 11) is 0. The molecule has 0 atom stereocenters. The van der Waals surface area contributed by atoms with Crippen LogP contribution < -0.4 is 0 Å². The maximum Gasteiger partial charge on any atom is 0.391 e. The Morgan fingerprint density at radius 2 is 1.76 bits per heavy atom. The van der Waals surface area contributed by atoms with Gasteiger partial charge in [0.05, 0.1) is 12.5 Å². The lowest BCUT2D eigenvalue weighted by Gasteiger charge is -2.31. The van der Waals surface area contributed by atoms with E-state index in [2.05, 4.69) is 10.1 Å². The molecule has 1 saturated heterocycles. The largest absolute Gasteiger partial charge is 0.391 e. The lowest BCUT2D eigenvalue weighted by molar-refractivity contribution is -0.185. The minimum absolute atomic E-state index is 0.160. The van der Waals surface area contributed by atoms with Crippen LogP contribution in [0.25, 0.3) is 0 Å². The molecule has 0 bridgehead atoms. The topological polar surface area (TPSA) is 42.2 Å². The average molecular weight is 303 g/mol. The summed E-state index contributed by atoms with van der Waals surface area (Å²) in [5, 5.41) is 4.03. The molecule has 4 nitrogen and oxygen atoms in total. The highest BCUT2D eigenvalue weighted by molar-refractivity contribution is 4.98. The van der Waals surface area contributed by atoms with Crippen molar-refractivity contribution in [3.05, 3.63) is 11.7 Å². The van der Waals surface area contributed by atoms with E-state index in [0.717, 1.165) is 18.7 Å². The summed E-state index contributed by atoms with van der Waals surface area (Å²) < 4.78 is 43.1. The zero-order chi connectivity index (χ0) is 14.9. The Morgan fingerprint density at radius 3 is 2.38 bits per heavy atom. The second kappa shape index (κ2) is 5.94. The molecule has 3 rings (SSSR count). The van der Waals surface area contributed by atoms with Crippen molar-refractivity contribution in [3.63, 3.8) is 0 Å². The van der Waals surface area contributed by atoms with Gasteiger partial charge in [0, 0.05) is 5.92 Å². The van der Waals surface area contributed by atoms with E-state index < -0.39 is 12.1 Å². The predicted octanol–water partition coefficient (Wildman–Crippen LogP) is 3.50. The van der Waals surface area contributed by atoms with Crippen LogP contribution in [0.3, 0.4) is 0 Å². The number of hydrogen-bond acceptors (Lipinski definition) is 4. The third-order valence-electron chi connectivity index (χ3n) is 4.61. The highest BCUT2D eigenvalue weighted by Gasteiger charge is 2.41. The smallest absolute Gasteiger partial charge is 0.338 e. The first kappa shape index (κ1) is 14.8. The van der Waals surface area contributed by atoms with Crippen molar-refractivity contribution in [3.8, 4) is 0 Å². The van der Waals surface area contributed by atoms with Gasteiger partial charge in [-0.25, -0.2) is 0 Å². The Bertz CT molecular complexity index is 460. The molecular formula is C14H20F3N3O. The molecule has 0 aromatic carbocycles. The van der Waals surface area contributed by atoms with Gasteiger partial charge in [0.2, 0.25) is 5.89 Å². The van der Waals surface area contributed by atoms with Crippen molar-refractivity contribution in [2.24, 2.45) is 5.92 Å². The molecule has 2 fully saturated rings. The molecule has 1 aliphatic heterocycles. The summed E-state index contributed by atoms with van der Waals surface area (Å²) in [4.78, 5) is 6.38. The maximum absolute atomic E-state index is 12.6. The van der Waals surface area contributed by atoms with Gasteiger partial charge in [0.25, 0.3) is 0 Å². The Hall–Kier alpha value is -1.11. The molecule has 2 aliphatic rings. The van der Waals surface area contributed by atoms with Crippen molar-refractivity contribution in [1.82, 2.24) is 15.0 Å². The summed E-state index contributed by atoms with van der Waals surface area (Å²) >= 11 is 0. The number of alkyl halides is 3. The minimum atomic E-state index is -4.06. The molecule has 118 valence electrons. The average Bonchev–Trinajstić information content (AvgIpc) is 3.08. The second-order valence-corrected chi connectivity index (χ2v) is 6.12. The van der Waals surface area contributed by atoms with Gasteiger partial charge in [-0.1, -0.05) is 18.0 Å². The zero-order valence-corrected chi connectivity index (χ0v) is 11.9. The fourth-order valence-corrected chi connectivity index (χ4v) is 3.29. The van der Waals surface area contributed by atoms with Crippen LogP contribution in [-0.2, 0) is 6.54 Å². The number of halogens is 3. The summed E-state index contributed by atoms with van der Waals surface area (Å²) in [6.45, 7) is 1.33. The Balaban J connectivity index is 1.51. The SMILES string of the molecule is FC(F)(F)C1CCN(Cc2nc(C3CCCC3)no2)CC1. The van der Waals surface area contributed by atoms with Crippen molar-refractivity contribution < 1.29 is 17.7 Å². The molecule has 1 saturated carbocycles. The number of likely N-dealkylation sites (tertiary alicyclic amines) is 1. The lowest BCUT2D eigenvalue weighted by Crippen LogP contribution is -2.38.